The Bertz CT molecular complexity index is 137. The predicted octanol–water partition coefficient (Wildman–Crippen LogP) is 3.59. The molecule has 3 heteroatoms. The van der Waals surface area contributed by atoms with Crippen molar-refractivity contribution in [1.82, 2.24) is 9.62 Å². The van der Waals surface area contributed by atoms with E-state index in [1.54, 1.807) is 0 Å². The van der Waals surface area contributed by atoms with Gasteiger partial charge in [0.25, 0.3) is 0 Å². The summed E-state index contributed by atoms with van der Waals surface area (Å²) in [6, 6.07) is 0. The Morgan fingerprint density at radius 2 is 1.87 bits per heavy atom. The van der Waals surface area contributed by atoms with Gasteiger partial charge in [0.05, 0.1) is 12.0 Å². The largest absolute Gasteiger partial charge is 0.291 e. The zero-order valence-electron chi connectivity index (χ0n) is 10.3. The Hall–Kier alpha value is 0.270. The summed E-state index contributed by atoms with van der Waals surface area (Å²) >= 11 is 2.03. The second-order valence-corrected chi connectivity index (χ2v) is 5.66. The molecule has 1 unspecified atom stereocenters. The highest BCUT2D eigenvalue weighted by molar-refractivity contribution is 7.97. The first-order chi connectivity index (χ1) is 7.36. The molecule has 0 aromatic rings. The first-order valence-corrected chi connectivity index (χ1v) is 7.35. The molecule has 0 amide bonds. The van der Waals surface area contributed by atoms with Gasteiger partial charge in [-0.15, -0.1) is 0 Å². The van der Waals surface area contributed by atoms with Crippen LogP contribution in [0.1, 0.15) is 58.8 Å². The van der Waals surface area contributed by atoms with Crippen LogP contribution in [0, 0.1) is 0 Å². The van der Waals surface area contributed by atoms with Crippen LogP contribution in [0.4, 0.5) is 0 Å². The number of rotatable bonds is 8. The minimum Gasteiger partial charge on any atom is -0.291 e. The van der Waals surface area contributed by atoms with Crippen molar-refractivity contribution in [2.75, 3.05) is 13.2 Å². The van der Waals surface area contributed by atoms with Crippen LogP contribution in [0.15, 0.2) is 0 Å². The third kappa shape index (κ3) is 5.79. The van der Waals surface area contributed by atoms with Crippen molar-refractivity contribution in [2.24, 2.45) is 0 Å². The Morgan fingerprint density at radius 1 is 1.13 bits per heavy atom. The first-order valence-electron chi connectivity index (χ1n) is 6.52. The van der Waals surface area contributed by atoms with E-state index in [0.717, 1.165) is 6.67 Å². The summed E-state index contributed by atoms with van der Waals surface area (Å²) in [5.74, 6) is 0. The van der Waals surface area contributed by atoms with Crippen LogP contribution in [0.2, 0.25) is 0 Å². The van der Waals surface area contributed by atoms with Crippen LogP contribution >= 0.6 is 11.9 Å². The molecule has 1 heterocycles. The minimum absolute atomic E-state index is 0.693. The molecule has 1 aliphatic rings. The number of hydrogen-bond donors (Lipinski definition) is 1. The minimum atomic E-state index is 0.693. The zero-order valence-corrected chi connectivity index (χ0v) is 11.1. The van der Waals surface area contributed by atoms with Crippen molar-refractivity contribution >= 4 is 11.9 Å². The van der Waals surface area contributed by atoms with E-state index in [9.17, 15) is 0 Å². The molecule has 0 aliphatic carbocycles. The van der Waals surface area contributed by atoms with Crippen LogP contribution in [-0.2, 0) is 0 Å². The fourth-order valence-corrected chi connectivity index (χ4v) is 3.03. The monoisotopic (exact) mass is 230 g/mol. The molecule has 0 radical (unpaired) electrons. The van der Waals surface area contributed by atoms with Crippen molar-refractivity contribution in [1.29, 1.82) is 0 Å². The van der Waals surface area contributed by atoms with Gasteiger partial charge in [0.1, 0.15) is 0 Å². The van der Waals surface area contributed by atoms with E-state index >= 15 is 0 Å². The van der Waals surface area contributed by atoms with Crippen LogP contribution in [0.25, 0.3) is 0 Å². The molecule has 0 saturated carbocycles. The predicted molar refractivity (Wildman–Crippen MR) is 69.8 cm³/mol. The summed E-state index contributed by atoms with van der Waals surface area (Å²) in [6.07, 6.45) is 9.48. The quantitative estimate of drug-likeness (QED) is 0.507. The highest BCUT2D eigenvalue weighted by Crippen LogP contribution is 2.25. The summed E-state index contributed by atoms with van der Waals surface area (Å²) in [7, 11) is 0. The van der Waals surface area contributed by atoms with Crippen molar-refractivity contribution < 1.29 is 0 Å². The second kappa shape index (κ2) is 8.43. The summed E-state index contributed by atoms with van der Waals surface area (Å²) < 4.78 is 2.49. The van der Waals surface area contributed by atoms with Gasteiger partial charge in [-0.25, -0.2) is 4.31 Å². The molecule has 0 bridgehead atoms. The molecule has 2 nitrogen and oxygen atoms in total. The van der Waals surface area contributed by atoms with E-state index in [1.165, 1.54) is 51.5 Å². The Morgan fingerprint density at radius 3 is 2.60 bits per heavy atom. The van der Waals surface area contributed by atoms with Gasteiger partial charge >= 0.3 is 0 Å². The lowest BCUT2D eigenvalue weighted by atomic mass is 10.2. The number of hydrogen-bond acceptors (Lipinski definition) is 3. The van der Waals surface area contributed by atoms with Gasteiger partial charge in [0, 0.05) is 6.54 Å². The maximum atomic E-state index is 3.58. The topological polar surface area (TPSA) is 15.3 Å². The molecule has 0 aromatic carbocycles. The van der Waals surface area contributed by atoms with Gasteiger partial charge in [-0.3, -0.25) is 5.32 Å². The van der Waals surface area contributed by atoms with Crippen molar-refractivity contribution in [3.63, 3.8) is 0 Å². The van der Waals surface area contributed by atoms with Crippen LogP contribution in [-0.4, -0.2) is 22.9 Å². The third-order valence-corrected chi connectivity index (χ3v) is 4.12. The fourth-order valence-electron chi connectivity index (χ4n) is 1.86. The summed E-state index contributed by atoms with van der Waals surface area (Å²) in [4.78, 5) is 0. The number of nitrogens with zero attached hydrogens (tertiary/aromatic N) is 1. The van der Waals surface area contributed by atoms with E-state index in [-0.39, 0.29) is 0 Å². The molecule has 0 aromatic heterocycles. The molecule has 0 spiro atoms. The van der Waals surface area contributed by atoms with E-state index in [1.807, 2.05) is 11.9 Å². The number of nitrogens with one attached hydrogen (secondary N) is 1. The first kappa shape index (κ1) is 13.3. The lowest BCUT2D eigenvalue weighted by Crippen LogP contribution is -2.22. The van der Waals surface area contributed by atoms with E-state index in [2.05, 4.69) is 23.5 Å². The normalized spacial score (nSPS) is 22.4. The molecular weight excluding hydrogens is 204 g/mol. The maximum Gasteiger partial charge on any atom is 0.0691 e. The Kier molecular flexibility index (Phi) is 7.49. The highest BCUT2D eigenvalue weighted by Gasteiger charge is 2.21. The van der Waals surface area contributed by atoms with Crippen molar-refractivity contribution in [3.8, 4) is 0 Å². The summed E-state index contributed by atoms with van der Waals surface area (Å²) in [5.41, 5.74) is 0. The van der Waals surface area contributed by atoms with Gasteiger partial charge in [-0.05, 0) is 12.8 Å². The van der Waals surface area contributed by atoms with E-state index in [0.29, 0.717) is 5.37 Å². The maximum absolute atomic E-state index is 3.58. The van der Waals surface area contributed by atoms with Crippen molar-refractivity contribution in [3.05, 3.63) is 0 Å². The molecule has 1 atom stereocenters. The molecule has 90 valence electrons. The lowest BCUT2D eigenvalue weighted by molar-refractivity contribution is 0.438. The molecule has 15 heavy (non-hydrogen) atoms. The van der Waals surface area contributed by atoms with Crippen LogP contribution in [0.3, 0.4) is 0 Å². The van der Waals surface area contributed by atoms with E-state index < -0.39 is 0 Å². The number of unbranched alkanes of at least 4 members (excludes halogenated alkanes) is 4. The van der Waals surface area contributed by atoms with Gasteiger partial charge in [0.15, 0.2) is 0 Å². The van der Waals surface area contributed by atoms with Gasteiger partial charge < -0.3 is 0 Å². The van der Waals surface area contributed by atoms with Gasteiger partial charge in [-0.1, -0.05) is 57.9 Å². The standard InChI is InChI=1S/C12H26N2S/c1-3-5-7-9-12-13-11-14(15-12)10-8-6-4-2/h12-13H,3-11H2,1-2H3. The van der Waals surface area contributed by atoms with E-state index in [4.69, 9.17) is 0 Å². The van der Waals surface area contributed by atoms with Crippen LogP contribution in [0.5, 0.6) is 0 Å². The average molecular weight is 230 g/mol. The smallest absolute Gasteiger partial charge is 0.0691 e. The highest BCUT2D eigenvalue weighted by atomic mass is 32.2. The second-order valence-electron chi connectivity index (χ2n) is 4.36. The summed E-state index contributed by atoms with van der Waals surface area (Å²) in [6.45, 7) is 6.89. The van der Waals surface area contributed by atoms with Gasteiger partial charge in [0.2, 0.25) is 0 Å². The molecule has 1 aliphatic heterocycles. The summed E-state index contributed by atoms with van der Waals surface area (Å²) in [5, 5.41) is 4.27. The zero-order chi connectivity index (χ0) is 10.9. The Balaban J connectivity index is 1.99. The average Bonchev–Trinajstić information content (AvgIpc) is 2.67. The lowest BCUT2D eigenvalue weighted by Gasteiger charge is -2.12. The molecule has 1 fully saturated rings. The Labute approximate surface area is 99.3 Å². The van der Waals surface area contributed by atoms with Gasteiger partial charge in [-0.2, -0.15) is 0 Å². The molecule has 1 saturated heterocycles. The molecular formula is C12H26N2S. The SMILES string of the molecule is CCCCCC1NCN(CCCCC)S1. The third-order valence-electron chi connectivity index (χ3n) is 2.85. The van der Waals surface area contributed by atoms with Crippen molar-refractivity contribution in [2.45, 2.75) is 64.2 Å². The molecule has 1 N–H and O–H groups in total. The van der Waals surface area contributed by atoms with Crippen LogP contribution < -0.4 is 5.32 Å². The molecule has 1 rings (SSSR count). The fraction of sp³-hybridized carbons (Fsp3) is 1.00.